The molecule has 2 amide bonds. The van der Waals surface area contributed by atoms with Gasteiger partial charge in [0.1, 0.15) is 0 Å². The van der Waals surface area contributed by atoms with Crippen LogP contribution in [0.4, 0.5) is 17.1 Å². The third-order valence-corrected chi connectivity index (χ3v) is 3.70. The van der Waals surface area contributed by atoms with Crippen molar-refractivity contribution in [2.45, 2.75) is 13.3 Å². The van der Waals surface area contributed by atoms with Crippen molar-refractivity contribution in [2.24, 2.45) is 0 Å². The molecule has 24 heavy (non-hydrogen) atoms. The summed E-state index contributed by atoms with van der Waals surface area (Å²) >= 11 is 11.8. The van der Waals surface area contributed by atoms with Gasteiger partial charge in [-0.25, -0.2) is 0 Å². The van der Waals surface area contributed by atoms with Gasteiger partial charge in [0.2, 0.25) is 11.8 Å². The monoisotopic (exact) mass is 365 g/mol. The molecule has 126 valence electrons. The Hall–Kier alpha value is -2.24. The Kier molecular flexibility index (Phi) is 6.46. The quantitative estimate of drug-likeness (QED) is 0.710. The van der Waals surface area contributed by atoms with Gasteiger partial charge in [-0.1, -0.05) is 30.1 Å². The van der Waals surface area contributed by atoms with E-state index in [0.717, 1.165) is 5.69 Å². The highest BCUT2D eigenvalue weighted by Crippen LogP contribution is 2.25. The van der Waals surface area contributed by atoms with Crippen LogP contribution < -0.4 is 16.0 Å². The zero-order valence-electron chi connectivity index (χ0n) is 13.0. The van der Waals surface area contributed by atoms with Crippen LogP contribution in [0.5, 0.6) is 0 Å². The molecule has 2 rings (SSSR count). The highest BCUT2D eigenvalue weighted by Gasteiger charge is 2.06. The van der Waals surface area contributed by atoms with Crippen LogP contribution in [-0.2, 0) is 9.59 Å². The van der Waals surface area contributed by atoms with Crippen molar-refractivity contribution in [3.63, 3.8) is 0 Å². The third kappa shape index (κ3) is 5.44. The summed E-state index contributed by atoms with van der Waals surface area (Å²) < 4.78 is 0. The Labute approximate surface area is 150 Å². The summed E-state index contributed by atoms with van der Waals surface area (Å²) in [5, 5.41) is 9.34. The van der Waals surface area contributed by atoms with Crippen LogP contribution in [-0.4, -0.2) is 18.4 Å². The van der Waals surface area contributed by atoms with E-state index < -0.39 is 0 Å². The second-order valence-corrected chi connectivity index (χ2v) is 5.85. The van der Waals surface area contributed by atoms with Crippen molar-refractivity contribution in [3.05, 3.63) is 52.5 Å². The van der Waals surface area contributed by atoms with Crippen molar-refractivity contribution < 1.29 is 9.59 Å². The largest absolute Gasteiger partial charge is 0.376 e. The first-order valence-corrected chi connectivity index (χ1v) is 8.12. The molecule has 0 fully saturated rings. The van der Waals surface area contributed by atoms with Crippen LogP contribution in [0.2, 0.25) is 10.0 Å². The van der Waals surface area contributed by atoms with Gasteiger partial charge in [0, 0.05) is 22.8 Å². The van der Waals surface area contributed by atoms with E-state index in [2.05, 4.69) is 16.0 Å². The van der Waals surface area contributed by atoms with E-state index in [1.54, 1.807) is 49.4 Å². The topological polar surface area (TPSA) is 70.2 Å². The lowest BCUT2D eigenvalue weighted by molar-refractivity contribution is -0.116. The van der Waals surface area contributed by atoms with Crippen molar-refractivity contribution in [1.29, 1.82) is 0 Å². The first kappa shape index (κ1) is 18.1. The van der Waals surface area contributed by atoms with E-state index >= 15 is 0 Å². The summed E-state index contributed by atoms with van der Waals surface area (Å²) in [6.45, 7) is 1.87. The summed E-state index contributed by atoms with van der Waals surface area (Å²) in [6, 6.07) is 12.0. The minimum Gasteiger partial charge on any atom is -0.376 e. The molecule has 2 aromatic carbocycles. The van der Waals surface area contributed by atoms with E-state index in [0.29, 0.717) is 27.8 Å². The lowest BCUT2D eigenvalue weighted by atomic mass is 10.2. The fraction of sp³-hybridized carbons (Fsp3) is 0.176. The van der Waals surface area contributed by atoms with Gasteiger partial charge in [0.25, 0.3) is 0 Å². The average molecular weight is 366 g/mol. The second-order valence-electron chi connectivity index (χ2n) is 5.00. The molecule has 0 spiro atoms. The van der Waals surface area contributed by atoms with E-state index in [4.69, 9.17) is 23.2 Å². The summed E-state index contributed by atoms with van der Waals surface area (Å²) in [6.07, 6.45) is 0.424. The third-order valence-electron chi connectivity index (χ3n) is 3.15. The first-order valence-electron chi connectivity index (χ1n) is 7.36. The maximum Gasteiger partial charge on any atom is 0.243 e. The second kappa shape index (κ2) is 8.57. The Morgan fingerprint density at radius 1 is 0.917 bits per heavy atom. The smallest absolute Gasteiger partial charge is 0.243 e. The fourth-order valence-corrected chi connectivity index (χ4v) is 2.34. The number of hydrogen-bond acceptors (Lipinski definition) is 3. The number of hydrogen-bond donors (Lipinski definition) is 3. The Bertz CT molecular complexity index is 733. The molecular weight excluding hydrogens is 349 g/mol. The van der Waals surface area contributed by atoms with E-state index in [9.17, 15) is 9.59 Å². The molecule has 5 nitrogen and oxygen atoms in total. The number of rotatable bonds is 6. The zero-order valence-corrected chi connectivity index (χ0v) is 14.5. The van der Waals surface area contributed by atoms with Crippen LogP contribution in [0.15, 0.2) is 42.5 Å². The van der Waals surface area contributed by atoms with Crippen molar-refractivity contribution in [3.8, 4) is 0 Å². The van der Waals surface area contributed by atoms with Gasteiger partial charge in [-0.2, -0.15) is 0 Å². The summed E-state index contributed by atoms with van der Waals surface area (Å²) in [5.74, 6) is -0.280. The summed E-state index contributed by atoms with van der Waals surface area (Å²) in [4.78, 5) is 23.3. The van der Waals surface area contributed by atoms with Crippen LogP contribution in [0.1, 0.15) is 13.3 Å². The fourth-order valence-electron chi connectivity index (χ4n) is 1.89. The highest BCUT2D eigenvalue weighted by molar-refractivity contribution is 6.36. The van der Waals surface area contributed by atoms with Gasteiger partial charge in [-0.3, -0.25) is 9.59 Å². The number of benzene rings is 2. The minimum atomic E-state index is -0.234. The number of carbonyl (C=O) groups excluding carboxylic acids is 2. The summed E-state index contributed by atoms with van der Waals surface area (Å²) in [5.41, 5.74) is 1.98. The van der Waals surface area contributed by atoms with Gasteiger partial charge in [-0.15, -0.1) is 0 Å². The highest BCUT2D eigenvalue weighted by atomic mass is 35.5. The van der Waals surface area contributed by atoms with E-state index in [1.165, 1.54) is 0 Å². The van der Waals surface area contributed by atoms with Gasteiger partial charge < -0.3 is 16.0 Å². The molecule has 0 atom stereocenters. The van der Waals surface area contributed by atoms with Crippen LogP contribution in [0.3, 0.4) is 0 Å². The molecule has 0 saturated heterocycles. The molecule has 7 heteroatoms. The molecule has 0 aliphatic carbocycles. The predicted octanol–water partition coefficient (Wildman–Crippen LogP) is 4.39. The Balaban J connectivity index is 1.86. The average Bonchev–Trinajstić information content (AvgIpc) is 2.56. The number of halogens is 2. The molecule has 0 aliphatic rings. The van der Waals surface area contributed by atoms with E-state index in [1.807, 2.05) is 0 Å². The Morgan fingerprint density at radius 3 is 2.21 bits per heavy atom. The molecule has 0 unspecified atom stereocenters. The van der Waals surface area contributed by atoms with Gasteiger partial charge in [0.05, 0.1) is 17.3 Å². The SMILES string of the molecule is CCC(=O)Nc1ccc(NCC(=O)Nc2ccc(Cl)cc2Cl)cc1. The normalized spacial score (nSPS) is 10.1. The molecule has 0 bridgehead atoms. The number of carbonyl (C=O) groups is 2. The van der Waals surface area contributed by atoms with Crippen LogP contribution in [0.25, 0.3) is 0 Å². The van der Waals surface area contributed by atoms with Crippen LogP contribution >= 0.6 is 23.2 Å². The molecule has 0 saturated carbocycles. The molecule has 0 radical (unpaired) electrons. The van der Waals surface area contributed by atoms with Crippen LogP contribution in [0, 0.1) is 0 Å². The molecule has 3 N–H and O–H groups in total. The van der Waals surface area contributed by atoms with Crippen molar-refractivity contribution >= 4 is 52.1 Å². The van der Waals surface area contributed by atoms with Crippen molar-refractivity contribution in [2.75, 3.05) is 22.5 Å². The molecule has 2 aromatic rings. The number of anilines is 3. The maximum atomic E-state index is 12.0. The summed E-state index contributed by atoms with van der Waals surface area (Å²) in [7, 11) is 0. The van der Waals surface area contributed by atoms with Gasteiger partial charge in [-0.05, 0) is 42.5 Å². The first-order chi connectivity index (χ1) is 11.5. The number of amides is 2. The lowest BCUT2D eigenvalue weighted by Gasteiger charge is -2.10. The molecular formula is C17H17Cl2N3O2. The van der Waals surface area contributed by atoms with Gasteiger partial charge in [0.15, 0.2) is 0 Å². The van der Waals surface area contributed by atoms with Gasteiger partial charge >= 0.3 is 0 Å². The Morgan fingerprint density at radius 2 is 1.58 bits per heavy atom. The molecule has 0 aliphatic heterocycles. The standard InChI is InChI=1S/C17H17Cl2N3O2/c1-2-16(23)21-13-6-4-12(5-7-13)20-10-17(24)22-15-8-3-11(18)9-14(15)19/h3-9,20H,2,10H2,1H3,(H,21,23)(H,22,24). The minimum absolute atomic E-state index is 0.0464. The molecule has 0 heterocycles. The maximum absolute atomic E-state index is 12.0. The lowest BCUT2D eigenvalue weighted by Crippen LogP contribution is -2.21. The van der Waals surface area contributed by atoms with E-state index in [-0.39, 0.29) is 18.4 Å². The number of nitrogens with one attached hydrogen (secondary N) is 3. The van der Waals surface area contributed by atoms with Crippen molar-refractivity contribution in [1.82, 2.24) is 0 Å². The predicted molar refractivity (Wildman–Crippen MR) is 98.9 cm³/mol. The zero-order chi connectivity index (χ0) is 17.5. The molecule has 0 aromatic heterocycles.